The third-order valence-corrected chi connectivity index (χ3v) is 3.48. The lowest BCUT2D eigenvalue weighted by Gasteiger charge is -2.27. The smallest absolute Gasteiger partial charge is 0.0257 e. The van der Waals surface area contributed by atoms with E-state index in [9.17, 15) is 0 Å². The summed E-state index contributed by atoms with van der Waals surface area (Å²) in [6.45, 7) is 9.42. The molecule has 0 aromatic carbocycles. The summed E-state index contributed by atoms with van der Waals surface area (Å²) in [5, 5.41) is 0. The molecule has 0 aliphatic heterocycles. The highest BCUT2D eigenvalue weighted by atomic mass is 14.2. The van der Waals surface area contributed by atoms with Gasteiger partial charge in [0.2, 0.25) is 0 Å². The topological polar surface area (TPSA) is 0 Å². The average Bonchev–Trinajstić information content (AvgIpc) is 2.14. The fourth-order valence-electron chi connectivity index (χ4n) is 2.58. The van der Waals surface area contributed by atoms with Gasteiger partial charge in [-0.2, -0.15) is 0 Å². The Morgan fingerprint density at radius 2 is 2.07 bits per heavy atom. The molecule has 14 heavy (non-hydrogen) atoms. The van der Waals surface area contributed by atoms with E-state index in [0.29, 0.717) is 0 Å². The van der Waals surface area contributed by atoms with E-state index < -0.39 is 0 Å². The van der Waals surface area contributed by atoms with Crippen LogP contribution in [0.2, 0.25) is 0 Å². The minimum atomic E-state index is 0.786. The van der Waals surface area contributed by atoms with Crippen LogP contribution in [0.25, 0.3) is 0 Å². The van der Waals surface area contributed by atoms with Crippen LogP contribution in [0.5, 0.6) is 0 Å². The standard InChI is InChI=1S/C14H26/c1-5-6-7-13-10-12(4)8-9-14(13)11(2)3/h11-12H,5-10H2,1-4H3/t12-/m0/s1. The fraction of sp³-hybridized carbons (Fsp3) is 0.857. The van der Waals surface area contributed by atoms with E-state index in [1.807, 2.05) is 0 Å². The Labute approximate surface area is 89.8 Å². The minimum absolute atomic E-state index is 0.786. The van der Waals surface area contributed by atoms with Crippen LogP contribution in [0.3, 0.4) is 0 Å². The lowest BCUT2D eigenvalue weighted by molar-refractivity contribution is 0.459. The van der Waals surface area contributed by atoms with Gasteiger partial charge in [-0.25, -0.2) is 0 Å². The highest BCUT2D eigenvalue weighted by Crippen LogP contribution is 2.35. The van der Waals surface area contributed by atoms with Crippen LogP contribution in [-0.4, -0.2) is 0 Å². The molecule has 0 aromatic heterocycles. The molecule has 0 aromatic rings. The largest absolute Gasteiger partial charge is 0.0705 e. The molecule has 0 fully saturated rings. The van der Waals surface area contributed by atoms with Crippen molar-refractivity contribution in [3.8, 4) is 0 Å². The van der Waals surface area contributed by atoms with Gasteiger partial charge in [0, 0.05) is 0 Å². The molecule has 0 saturated carbocycles. The van der Waals surface area contributed by atoms with Crippen molar-refractivity contribution in [1.29, 1.82) is 0 Å². The van der Waals surface area contributed by atoms with Crippen molar-refractivity contribution in [2.75, 3.05) is 0 Å². The predicted molar refractivity (Wildman–Crippen MR) is 64.4 cm³/mol. The molecule has 0 heteroatoms. The Morgan fingerprint density at radius 1 is 1.36 bits per heavy atom. The second kappa shape index (κ2) is 5.58. The second-order valence-corrected chi connectivity index (χ2v) is 5.24. The van der Waals surface area contributed by atoms with Crippen LogP contribution in [0.4, 0.5) is 0 Å². The van der Waals surface area contributed by atoms with Crippen LogP contribution in [0.1, 0.15) is 66.2 Å². The van der Waals surface area contributed by atoms with Gasteiger partial charge in [-0.15, -0.1) is 0 Å². The molecule has 0 spiro atoms. The Kier molecular flexibility index (Phi) is 4.71. The van der Waals surface area contributed by atoms with Crippen LogP contribution in [0.15, 0.2) is 11.1 Å². The number of hydrogen-bond acceptors (Lipinski definition) is 0. The normalized spacial score (nSPS) is 23.4. The summed E-state index contributed by atoms with van der Waals surface area (Å²) in [4.78, 5) is 0. The molecule has 0 bridgehead atoms. The molecule has 82 valence electrons. The minimum Gasteiger partial charge on any atom is -0.0705 e. The Bertz CT molecular complexity index is 198. The Balaban J connectivity index is 2.67. The molecule has 1 atom stereocenters. The molecule has 1 aliphatic carbocycles. The summed E-state index contributed by atoms with van der Waals surface area (Å²) in [7, 11) is 0. The van der Waals surface area contributed by atoms with Crippen LogP contribution in [-0.2, 0) is 0 Å². The molecule has 0 heterocycles. The van der Waals surface area contributed by atoms with E-state index in [0.717, 1.165) is 11.8 Å². The van der Waals surface area contributed by atoms with Gasteiger partial charge in [-0.1, -0.05) is 45.3 Å². The molecule has 0 nitrogen and oxygen atoms in total. The van der Waals surface area contributed by atoms with E-state index in [-0.39, 0.29) is 0 Å². The average molecular weight is 194 g/mol. The van der Waals surface area contributed by atoms with Gasteiger partial charge in [-0.05, 0) is 43.9 Å². The molecule has 0 amide bonds. The third kappa shape index (κ3) is 3.15. The van der Waals surface area contributed by atoms with Crippen LogP contribution >= 0.6 is 0 Å². The maximum absolute atomic E-state index is 2.41. The molecule has 0 saturated heterocycles. The van der Waals surface area contributed by atoms with Crippen LogP contribution in [0, 0.1) is 11.8 Å². The van der Waals surface area contributed by atoms with Crippen molar-refractivity contribution < 1.29 is 0 Å². The molecule has 1 rings (SSSR count). The summed E-state index contributed by atoms with van der Waals surface area (Å²) in [6.07, 6.45) is 8.27. The van der Waals surface area contributed by atoms with Crippen molar-refractivity contribution in [2.24, 2.45) is 11.8 Å². The summed E-state index contributed by atoms with van der Waals surface area (Å²) in [5.74, 6) is 1.72. The number of rotatable bonds is 4. The Morgan fingerprint density at radius 3 is 2.64 bits per heavy atom. The van der Waals surface area contributed by atoms with Gasteiger partial charge < -0.3 is 0 Å². The van der Waals surface area contributed by atoms with E-state index in [1.54, 1.807) is 11.1 Å². The van der Waals surface area contributed by atoms with E-state index in [2.05, 4.69) is 27.7 Å². The Hall–Kier alpha value is -0.260. The number of unbranched alkanes of at least 4 members (excludes halogenated alkanes) is 1. The van der Waals surface area contributed by atoms with E-state index >= 15 is 0 Å². The SMILES string of the molecule is CCCCC1=C(C(C)C)CC[C@H](C)C1. The first kappa shape index (κ1) is 11.8. The maximum Gasteiger partial charge on any atom is -0.0257 e. The predicted octanol–water partition coefficient (Wildman–Crippen LogP) is 4.95. The summed E-state index contributed by atoms with van der Waals surface area (Å²) in [5.41, 5.74) is 3.59. The fourth-order valence-corrected chi connectivity index (χ4v) is 2.58. The zero-order valence-electron chi connectivity index (χ0n) is 10.4. The van der Waals surface area contributed by atoms with Gasteiger partial charge >= 0.3 is 0 Å². The third-order valence-electron chi connectivity index (χ3n) is 3.48. The molecule has 0 radical (unpaired) electrons. The molecular formula is C14H26. The molecule has 1 aliphatic rings. The molecule has 0 N–H and O–H groups in total. The van der Waals surface area contributed by atoms with E-state index in [1.165, 1.54) is 38.5 Å². The summed E-state index contributed by atoms with van der Waals surface area (Å²) in [6, 6.07) is 0. The summed E-state index contributed by atoms with van der Waals surface area (Å²) < 4.78 is 0. The van der Waals surface area contributed by atoms with Gasteiger partial charge in [0.05, 0.1) is 0 Å². The van der Waals surface area contributed by atoms with Gasteiger partial charge in [0.15, 0.2) is 0 Å². The lowest BCUT2D eigenvalue weighted by Crippen LogP contribution is -2.11. The molecular weight excluding hydrogens is 168 g/mol. The highest BCUT2D eigenvalue weighted by molar-refractivity contribution is 5.19. The first-order valence-corrected chi connectivity index (χ1v) is 6.35. The number of hydrogen-bond donors (Lipinski definition) is 0. The summed E-state index contributed by atoms with van der Waals surface area (Å²) >= 11 is 0. The monoisotopic (exact) mass is 194 g/mol. The van der Waals surface area contributed by atoms with Crippen molar-refractivity contribution >= 4 is 0 Å². The van der Waals surface area contributed by atoms with Crippen molar-refractivity contribution in [3.05, 3.63) is 11.1 Å². The number of allylic oxidation sites excluding steroid dienone is 2. The highest BCUT2D eigenvalue weighted by Gasteiger charge is 2.18. The van der Waals surface area contributed by atoms with Gasteiger partial charge in [-0.3, -0.25) is 0 Å². The van der Waals surface area contributed by atoms with Gasteiger partial charge in [0.1, 0.15) is 0 Å². The first-order valence-electron chi connectivity index (χ1n) is 6.35. The lowest BCUT2D eigenvalue weighted by atomic mass is 9.79. The van der Waals surface area contributed by atoms with Crippen LogP contribution < -0.4 is 0 Å². The zero-order valence-corrected chi connectivity index (χ0v) is 10.4. The van der Waals surface area contributed by atoms with Crippen molar-refractivity contribution in [2.45, 2.75) is 66.2 Å². The maximum atomic E-state index is 2.41. The quantitative estimate of drug-likeness (QED) is 0.555. The van der Waals surface area contributed by atoms with Crippen molar-refractivity contribution in [1.82, 2.24) is 0 Å². The first-order chi connectivity index (χ1) is 6.65. The van der Waals surface area contributed by atoms with E-state index in [4.69, 9.17) is 0 Å². The van der Waals surface area contributed by atoms with Crippen molar-refractivity contribution in [3.63, 3.8) is 0 Å². The zero-order chi connectivity index (χ0) is 10.6. The second-order valence-electron chi connectivity index (χ2n) is 5.24. The van der Waals surface area contributed by atoms with Gasteiger partial charge in [0.25, 0.3) is 0 Å². The molecule has 0 unspecified atom stereocenters.